The van der Waals surface area contributed by atoms with Crippen molar-refractivity contribution >= 4 is 11.6 Å². The summed E-state index contributed by atoms with van der Waals surface area (Å²) in [5.41, 5.74) is 12.6. The first kappa shape index (κ1) is 11.4. The van der Waals surface area contributed by atoms with Gasteiger partial charge in [0.15, 0.2) is 0 Å². The van der Waals surface area contributed by atoms with E-state index in [1.165, 1.54) is 6.92 Å². The molecular formula is C11H15N3O. The summed E-state index contributed by atoms with van der Waals surface area (Å²) in [5.74, 6) is 0.0167. The zero-order valence-electron chi connectivity index (χ0n) is 8.66. The SMILES string of the molecule is CC(=O)C(N)Cc1ccc(C(=N)N)cc1. The quantitative estimate of drug-likeness (QED) is 0.491. The number of hydrogen-bond acceptors (Lipinski definition) is 3. The molecule has 0 spiro atoms. The van der Waals surface area contributed by atoms with Gasteiger partial charge in [0, 0.05) is 5.56 Å². The molecule has 1 aromatic rings. The van der Waals surface area contributed by atoms with E-state index in [9.17, 15) is 4.79 Å². The topological polar surface area (TPSA) is 93.0 Å². The number of nitrogens with two attached hydrogens (primary N) is 2. The van der Waals surface area contributed by atoms with E-state index in [-0.39, 0.29) is 11.6 Å². The van der Waals surface area contributed by atoms with Gasteiger partial charge in [-0.15, -0.1) is 0 Å². The predicted molar refractivity (Wildman–Crippen MR) is 59.8 cm³/mol. The zero-order chi connectivity index (χ0) is 11.4. The third-order valence-electron chi connectivity index (χ3n) is 2.24. The molecular weight excluding hydrogens is 190 g/mol. The normalized spacial score (nSPS) is 12.1. The molecule has 0 aliphatic carbocycles. The Morgan fingerprint density at radius 1 is 1.40 bits per heavy atom. The van der Waals surface area contributed by atoms with E-state index in [1.54, 1.807) is 12.1 Å². The molecule has 4 heteroatoms. The van der Waals surface area contributed by atoms with Crippen molar-refractivity contribution in [1.82, 2.24) is 0 Å². The third-order valence-corrected chi connectivity index (χ3v) is 2.24. The molecule has 0 radical (unpaired) electrons. The molecule has 4 nitrogen and oxygen atoms in total. The van der Waals surface area contributed by atoms with Crippen molar-refractivity contribution in [3.05, 3.63) is 35.4 Å². The molecule has 15 heavy (non-hydrogen) atoms. The van der Waals surface area contributed by atoms with Gasteiger partial charge in [0.05, 0.1) is 6.04 Å². The Kier molecular flexibility index (Phi) is 3.57. The number of benzene rings is 1. The lowest BCUT2D eigenvalue weighted by atomic mass is 10.0. The Labute approximate surface area is 88.8 Å². The van der Waals surface area contributed by atoms with Crippen molar-refractivity contribution in [1.29, 1.82) is 5.41 Å². The van der Waals surface area contributed by atoms with Crippen molar-refractivity contribution in [2.24, 2.45) is 11.5 Å². The van der Waals surface area contributed by atoms with E-state index in [4.69, 9.17) is 16.9 Å². The van der Waals surface area contributed by atoms with Gasteiger partial charge in [-0.05, 0) is 18.9 Å². The molecule has 5 N–H and O–H groups in total. The number of nitrogens with one attached hydrogen (secondary N) is 1. The van der Waals surface area contributed by atoms with E-state index in [2.05, 4.69) is 0 Å². The van der Waals surface area contributed by atoms with Gasteiger partial charge in [-0.3, -0.25) is 10.2 Å². The summed E-state index contributed by atoms with van der Waals surface area (Å²) < 4.78 is 0. The molecule has 1 aromatic carbocycles. The molecule has 1 rings (SSSR count). The minimum Gasteiger partial charge on any atom is -0.384 e. The van der Waals surface area contributed by atoms with Crippen LogP contribution in [0.25, 0.3) is 0 Å². The molecule has 0 aromatic heterocycles. The van der Waals surface area contributed by atoms with Gasteiger partial charge in [-0.25, -0.2) is 0 Å². The van der Waals surface area contributed by atoms with Gasteiger partial charge in [-0.1, -0.05) is 24.3 Å². The van der Waals surface area contributed by atoms with Crippen LogP contribution in [0.2, 0.25) is 0 Å². The van der Waals surface area contributed by atoms with Crippen LogP contribution in [0.3, 0.4) is 0 Å². The first-order valence-corrected chi connectivity index (χ1v) is 4.70. The van der Waals surface area contributed by atoms with E-state index in [0.29, 0.717) is 12.0 Å². The smallest absolute Gasteiger partial charge is 0.146 e. The lowest BCUT2D eigenvalue weighted by Crippen LogP contribution is -2.30. The first-order chi connectivity index (χ1) is 7.00. The molecule has 1 unspecified atom stereocenters. The van der Waals surface area contributed by atoms with E-state index >= 15 is 0 Å². The number of carbonyl (C=O) groups excluding carboxylic acids is 1. The maximum absolute atomic E-state index is 10.9. The molecule has 0 aliphatic rings. The second-order valence-electron chi connectivity index (χ2n) is 3.53. The van der Waals surface area contributed by atoms with Crippen molar-refractivity contribution < 1.29 is 4.79 Å². The van der Waals surface area contributed by atoms with Crippen molar-refractivity contribution in [2.45, 2.75) is 19.4 Å². The van der Waals surface area contributed by atoms with Gasteiger partial charge in [-0.2, -0.15) is 0 Å². The van der Waals surface area contributed by atoms with Crippen LogP contribution < -0.4 is 11.5 Å². The van der Waals surface area contributed by atoms with Crippen molar-refractivity contribution in [3.8, 4) is 0 Å². The molecule has 0 bridgehead atoms. The summed E-state index contributed by atoms with van der Waals surface area (Å²) in [6.07, 6.45) is 0.521. The van der Waals surface area contributed by atoms with E-state index in [1.807, 2.05) is 12.1 Å². The highest BCUT2D eigenvalue weighted by atomic mass is 16.1. The number of carbonyl (C=O) groups is 1. The van der Waals surface area contributed by atoms with Crippen LogP contribution in [-0.2, 0) is 11.2 Å². The monoisotopic (exact) mass is 205 g/mol. The number of ketones is 1. The molecule has 0 saturated carbocycles. The average molecular weight is 205 g/mol. The second-order valence-corrected chi connectivity index (χ2v) is 3.53. The summed E-state index contributed by atoms with van der Waals surface area (Å²) in [4.78, 5) is 10.9. The van der Waals surface area contributed by atoms with Crippen LogP contribution in [0.5, 0.6) is 0 Å². The van der Waals surface area contributed by atoms with Crippen molar-refractivity contribution in [2.75, 3.05) is 0 Å². The number of nitrogen functional groups attached to an aromatic ring is 1. The second kappa shape index (κ2) is 4.70. The number of amidine groups is 1. The number of rotatable bonds is 4. The summed E-state index contributed by atoms with van der Waals surface area (Å²) in [7, 11) is 0. The Bertz CT molecular complexity index is 370. The van der Waals surface area contributed by atoms with Crippen LogP contribution in [-0.4, -0.2) is 17.7 Å². The number of hydrogen-bond donors (Lipinski definition) is 3. The highest BCUT2D eigenvalue weighted by Crippen LogP contribution is 2.06. The summed E-state index contributed by atoms with van der Waals surface area (Å²) in [6.45, 7) is 1.48. The maximum atomic E-state index is 10.9. The lowest BCUT2D eigenvalue weighted by Gasteiger charge is -2.08. The molecule has 0 aliphatic heterocycles. The summed E-state index contributed by atoms with van der Waals surface area (Å²) >= 11 is 0. The number of Topliss-reactive ketones (excluding diaryl/α,β-unsaturated/α-hetero) is 1. The molecule has 0 heterocycles. The fourth-order valence-electron chi connectivity index (χ4n) is 1.22. The highest BCUT2D eigenvalue weighted by molar-refractivity contribution is 5.94. The van der Waals surface area contributed by atoms with Gasteiger partial charge in [0.2, 0.25) is 0 Å². The Morgan fingerprint density at radius 2 is 1.93 bits per heavy atom. The fourth-order valence-corrected chi connectivity index (χ4v) is 1.22. The summed E-state index contributed by atoms with van der Waals surface area (Å²) in [6, 6.07) is 6.72. The van der Waals surface area contributed by atoms with Gasteiger partial charge in [0.25, 0.3) is 0 Å². The van der Waals surface area contributed by atoms with Crippen molar-refractivity contribution in [3.63, 3.8) is 0 Å². The fraction of sp³-hybridized carbons (Fsp3) is 0.273. The van der Waals surface area contributed by atoms with Crippen LogP contribution >= 0.6 is 0 Å². The summed E-state index contributed by atoms with van der Waals surface area (Å²) in [5, 5.41) is 7.21. The first-order valence-electron chi connectivity index (χ1n) is 4.70. The predicted octanol–water partition coefficient (Wildman–Crippen LogP) is 0.429. The molecule has 80 valence electrons. The minimum absolute atomic E-state index is 0.0226. The van der Waals surface area contributed by atoms with Crippen LogP contribution in [0.4, 0.5) is 0 Å². The third kappa shape index (κ3) is 3.18. The minimum atomic E-state index is -0.451. The van der Waals surface area contributed by atoms with Crippen LogP contribution in [0.15, 0.2) is 24.3 Å². The van der Waals surface area contributed by atoms with E-state index < -0.39 is 6.04 Å². The Hall–Kier alpha value is -1.68. The van der Waals surface area contributed by atoms with Gasteiger partial charge >= 0.3 is 0 Å². The molecule has 0 fully saturated rings. The van der Waals surface area contributed by atoms with Crippen LogP contribution in [0, 0.1) is 5.41 Å². The standard InChI is InChI=1S/C11H15N3O/c1-7(15)10(12)6-8-2-4-9(5-3-8)11(13)14/h2-5,10H,6,12H2,1H3,(H3,13,14). The molecule has 1 atom stereocenters. The van der Waals surface area contributed by atoms with Gasteiger partial charge in [0.1, 0.15) is 11.6 Å². The lowest BCUT2D eigenvalue weighted by molar-refractivity contribution is -0.118. The Balaban J connectivity index is 2.72. The molecule has 0 amide bonds. The van der Waals surface area contributed by atoms with Gasteiger partial charge < -0.3 is 11.5 Å². The Morgan fingerprint density at radius 3 is 2.33 bits per heavy atom. The molecule has 0 saturated heterocycles. The highest BCUT2D eigenvalue weighted by Gasteiger charge is 2.08. The zero-order valence-corrected chi connectivity index (χ0v) is 8.66. The van der Waals surface area contributed by atoms with E-state index in [0.717, 1.165) is 5.56 Å². The average Bonchev–Trinajstić information content (AvgIpc) is 2.18. The largest absolute Gasteiger partial charge is 0.384 e. The maximum Gasteiger partial charge on any atom is 0.146 e. The van der Waals surface area contributed by atoms with Crippen LogP contribution in [0.1, 0.15) is 18.1 Å².